The van der Waals surface area contributed by atoms with E-state index < -0.39 is 21.5 Å². The number of hydrogen-bond acceptors (Lipinski definition) is 5. The maximum absolute atomic E-state index is 12.5. The molecule has 0 fully saturated rings. The third-order valence-electron chi connectivity index (χ3n) is 3.30. The van der Waals surface area contributed by atoms with Gasteiger partial charge in [0.15, 0.2) is 10.6 Å². The van der Waals surface area contributed by atoms with Crippen LogP contribution in [0.2, 0.25) is 5.02 Å². The van der Waals surface area contributed by atoms with Crippen molar-refractivity contribution in [2.45, 2.75) is 37.8 Å². The van der Waals surface area contributed by atoms with Crippen LogP contribution in [0.5, 0.6) is 0 Å². The van der Waals surface area contributed by atoms with Crippen LogP contribution in [0.4, 0.5) is 0 Å². The summed E-state index contributed by atoms with van der Waals surface area (Å²) in [4.78, 5) is 12.2. The van der Waals surface area contributed by atoms with Crippen molar-refractivity contribution in [2.75, 3.05) is 0 Å². The molecule has 142 valence electrons. The van der Waals surface area contributed by atoms with E-state index in [1.165, 1.54) is 18.2 Å². The summed E-state index contributed by atoms with van der Waals surface area (Å²) in [6, 6.07) is 4.08. The zero-order valence-corrected chi connectivity index (χ0v) is 17.1. The van der Waals surface area contributed by atoms with E-state index in [1.54, 1.807) is 32.4 Å². The molecule has 3 N–H and O–H groups in total. The van der Waals surface area contributed by atoms with Crippen molar-refractivity contribution in [3.8, 4) is 0 Å². The molecule has 0 aliphatic carbocycles. The lowest BCUT2D eigenvalue weighted by molar-refractivity contribution is 0.0949. The van der Waals surface area contributed by atoms with E-state index in [-0.39, 0.29) is 22.0 Å². The fraction of sp³-hybridized carbons (Fsp3) is 0.400. The number of aromatic amines is 1. The van der Waals surface area contributed by atoms with Crippen molar-refractivity contribution in [3.63, 3.8) is 0 Å². The highest BCUT2D eigenvalue weighted by Gasteiger charge is 2.25. The Morgan fingerprint density at radius 3 is 2.58 bits per heavy atom. The first-order valence-electron chi connectivity index (χ1n) is 7.63. The fourth-order valence-electron chi connectivity index (χ4n) is 2.11. The first-order chi connectivity index (χ1) is 11.9. The molecule has 11 heteroatoms. The zero-order chi connectivity index (χ0) is 19.7. The van der Waals surface area contributed by atoms with Crippen molar-refractivity contribution >= 4 is 39.7 Å². The molecule has 1 aromatic heterocycles. The van der Waals surface area contributed by atoms with Crippen molar-refractivity contribution in [1.82, 2.24) is 24.8 Å². The monoisotopic (exact) mass is 417 g/mol. The van der Waals surface area contributed by atoms with Gasteiger partial charge >= 0.3 is 0 Å². The summed E-state index contributed by atoms with van der Waals surface area (Å²) in [6.07, 6.45) is 0. The minimum absolute atomic E-state index is 0.0350. The molecule has 0 bridgehead atoms. The number of nitrogens with zero attached hydrogens (tertiary/aromatic N) is 2. The van der Waals surface area contributed by atoms with Crippen LogP contribution in [0.15, 0.2) is 23.1 Å². The Hall–Kier alpha value is -1.75. The maximum atomic E-state index is 12.5. The molecule has 1 aromatic carbocycles. The topological polar surface area (TPSA) is 109 Å². The van der Waals surface area contributed by atoms with E-state index in [4.69, 9.17) is 23.8 Å². The summed E-state index contributed by atoms with van der Waals surface area (Å²) < 4.78 is 29.6. The van der Waals surface area contributed by atoms with Crippen LogP contribution in [-0.2, 0) is 23.6 Å². The number of amides is 1. The van der Waals surface area contributed by atoms with Gasteiger partial charge in [-0.15, -0.1) is 0 Å². The molecule has 8 nitrogen and oxygen atoms in total. The van der Waals surface area contributed by atoms with Crippen LogP contribution in [0.25, 0.3) is 0 Å². The highest BCUT2D eigenvalue weighted by atomic mass is 35.5. The number of benzene rings is 1. The minimum atomic E-state index is -3.87. The predicted molar refractivity (Wildman–Crippen MR) is 101 cm³/mol. The van der Waals surface area contributed by atoms with E-state index in [9.17, 15) is 13.2 Å². The van der Waals surface area contributed by atoms with Crippen LogP contribution in [0.3, 0.4) is 0 Å². The number of rotatable bonds is 5. The number of hydrogen-bond donors (Lipinski definition) is 3. The van der Waals surface area contributed by atoms with Gasteiger partial charge in [-0.2, -0.15) is 5.10 Å². The molecule has 0 unspecified atom stereocenters. The second-order valence-electron chi connectivity index (χ2n) is 6.69. The highest BCUT2D eigenvalue weighted by Crippen LogP contribution is 2.24. The molecule has 0 spiro atoms. The summed E-state index contributed by atoms with van der Waals surface area (Å²) in [5, 5.41) is 9.32. The maximum Gasteiger partial charge on any atom is 0.251 e. The second-order valence-corrected chi connectivity index (χ2v) is 9.13. The third-order valence-corrected chi connectivity index (χ3v) is 5.91. The van der Waals surface area contributed by atoms with E-state index in [2.05, 4.69) is 20.2 Å². The molecule has 0 saturated heterocycles. The van der Waals surface area contributed by atoms with E-state index >= 15 is 0 Å². The largest absolute Gasteiger partial charge is 0.345 e. The average molecular weight is 418 g/mol. The number of aromatic nitrogens is 3. The van der Waals surface area contributed by atoms with Crippen molar-refractivity contribution in [3.05, 3.63) is 39.4 Å². The molecule has 1 amide bonds. The lowest BCUT2D eigenvalue weighted by Crippen LogP contribution is -2.40. The van der Waals surface area contributed by atoms with Crippen molar-refractivity contribution in [2.24, 2.45) is 7.05 Å². The van der Waals surface area contributed by atoms with Crippen LogP contribution in [0.1, 0.15) is 37.0 Å². The molecule has 0 aliphatic rings. The van der Waals surface area contributed by atoms with E-state index in [0.717, 1.165) is 0 Å². The smallest absolute Gasteiger partial charge is 0.251 e. The minimum Gasteiger partial charge on any atom is -0.345 e. The zero-order valence-electron chi connectivity index (χ0n) is 14.8. The lowest BCUT2D eigenvalue weighted by atomic mass is 10.1. The summed E-state index contributed by atoms with van der Waals surface area (Å²) >= 11 is 11.0. The van der Waals surface area contributed by atoms with Gasteiger partial charge < -0.3 is 9.88 Å². The lowest BCUT2D eigenvalue weighted by Gasteiger charge is -2.21. The quantitative estimate of drug-likeness (QED) is 0.646. The SMILES string of the molecule is Cn1c(CNC(=O)c2ccc(Cl)c(S(=O)(=O)NC(C)(C)C)c2)n[nH]c1=S. The Labute approximate surface area is 162 Å². The van der Waals surface area contributed by atoms with Gasteiger partial charge in [0.2, 0.25) is 10.0 Å². The third kappa shape index (κ3) is 4.91. The standard InChI is InChI=1S/C15H20ClN5O3S2/c1-15(2,3)20-26(23,24)11-7-9(5-6-10(11)16)13(22)17-8-12-18-19-14(25)21(12)4/h5-7,20H,8H2,1-4H3,(H,17,22)(H,19,25). The average Bonchev–Trinajstić information content (AvgIpc) is 2.82. The molecule has 0 saturated carbocycles. The van der Waals surface area contributed by atoms with Gasteiger partial charge in [-0.25, -0.2) is 13.1 Å². The highest BCUT2D eigenvalue weighted by molar-refractivity contribution is 7.89. The molecule has 1 heterocycles. The first kappa shape index (κ1) is 20.6. The van der Waals surface area contributed by atoms with E-state index in [0.29, 0.717) is 10.6 Å². The van der Waals surface area contributed by atoms with Gasteiger partial charge in [0, 0.05) is 18.2 Å². The molecular weight excluding hydrogens is 398 g/mol. The summed E-state index contributed by atoms with van der Waals surface area (Å²) in [6.45, 7) is 5.28. The Balaban J connectivity index is 2.24. The summed E-state index contributed by atoms with van der Waals surface area (Å²) in [5.41, 5.74) is -0.516. The Bertz CT molecular complexity index is 989. The molecule has 26 heavy (non-hydrogen) atoms. The molecule has 2 aromatic rings. The Kier molecular flexibility index (Phi) is 5.91. The Morgan fingerprint density at radius 2 is 2.04 bits per heavy atom. The number of H-pyrrole nitrogens is 1. The van der Waals surface area contributed by atoms with Gasteiger partial charge in [-0.05, 0) is 51.2 Å². The number of carbonyl (C=O) groups excluding carboxylic acids is 1. The van der Waals surface area contributed by atoms with Crippen molar-refractivity contribution in [1.29, 1.82) is 0 Å². The van der Waals surface area contributed by atoms with Crippen LogP contribution < -0.4 is 10.0 Å². The van der Waals surface area contributed by atoms with Crippen LogP contribution in [-0.4, -0.2) is 34.6 Å². The van der Waals surface area contributed by atoms with Gasteiger partial charge in [0.1, 0.15) is 4.90 Å². The fourth-order valence-corrected chi connectivity index (χ4v) is 4.20. The molecule has 0 radical (unpaired) electrons. The number of nitrogens with one attached hydrogen (secondary N) is 3. The van der Waals surface area contributed by atoms with Gasteiger partial charge in [-0.3, -0.25) is 9.89 Å². The second kappa shape index (κ2) is 7.47. The molecule has 2 rings (SSSR count). The predicted octanol–water partition coefficient (Wildman–Crippen LogP) is 2.14. The number of sulfonamides is 1. The van der Waals surface area contributed by atoms with Gasteiger partial charge in [-0.1, -0.05) is 11.6 Å². The van der Waals surface area contributed by atoms with Crippen molar-refractivity contribution < 1.29 is 13.2 Å². The normalized spacial score (nSPS) is 12.2. The first-order valence-corrected chi connectivity index (χ1v) is 9.89. The molecule has 0 atom stereocenters. The van der Waals surface area contributed by atoms with Crippen LogP contribution in [0, 0.1) is 4.77 Å². The van der Waals surface area contributed by atoms with Gasteiger partial charge in [0.05, 0.1) is 11.6 Å². The van der Waals surface area contributed by atoms with Crippen LogP contribution >= 0.6 is 23.8 Å². The number of carbonyl (C=O) groups is 1. The summed E-state index contributed by atoms with van der Waals surface area (Å²) in [7, 11) is -2.15. The molecular formula is C15H20ClN5O3S2. The Morgan fingerprint density at radius 1 is 1.38 bits per heavy atom. The van der Waals surface area contributed by atoms with Gasteiger partial charge in [0.25, 0.3) is 5.91 Å². The van der Waals surface area contributed by atoms with E-state index in [1.807, 2.05) is 0 Å². The summed E-state index contributed by atoms with van der Waals surface area (Å²) in [5.74, 6) is 0.0855. The number of halogens is 1. The molecule has 0 aliphatic heterocycles.